The van der Waals surface area contributed by atoms with E-state index in [4.69, 9.17) is 10.6 Å². The Labute approximate surface area is 126 Å². The Balaban J connectivity index is 2.30. The van der Waals surface area contributed by atoms with Crippen molar-refractivity contribution in [2.45, 2.75) is 45.9 Å². The molecule has 2 rings (SSSR count). The van der Waals surface area contributed by atoms with Gasteiger partial charge in [0.15, 0.2) is 0 Å². The van der Waals surface area contributed by atoms with Gasteiger partial charge in [-0.3, -0.25) is 10.5 Å². The molecule has 0 bridgehead atoms. The molecule has 0 spiro atoms. The first kappa shape index (κ1) is 15.5. The minimum absolute atomic E-state index is 0.102. The Kier molecular flexibility index (Phi) is 5.36. The van der Waals surface area contributed by atoms with Crippen LogP contribution in [0.3, 0.4) is 0 Å². The maximum Gasteiger partial charge on any atom is 0.120 e. The van der Waals surface area contributed by atoms with Crippen molar-refractivity contribution < 1.29 is 4.74 Å². The molecule has 1 aromatic heterocycles. The number of rotatable bonds is 7. The van der Waals surface area contributed by atoms with Crippen LogP contribution in [0.1, 0.15) is 44.5 Å². The molecule has 1 atom stereocenters. The minimum atomic E-state index is -0.102. The lowest BCUT2D eigenvalue weighted by atomic mass is 10.0. The summed E-state index contributed by atoms with van der Waals surface area (Å²) < 4.78 is 7.74. The number of nitrogens with two attached hydrogens (primary N) is 1. The van der Waals surface area contributed by atoms with Gasteiger partial charge < -0.3 is 4.74 Å². The zero-order chi connectivity index (χ0) is 15.2. The molecule has 5 heteroatoms. The van der Waals surface area contributed by atoms with Crippen LogP contribution in [0, 0.1) is 0 Å². The van der Waals surface area contributed by atoms with E-state index in [1.165, 1.54) is 0 Å². The lowest BCUT2D eigenvalue weighted by Crippen LogP contribution is -2.30. The highest BCUT2D eigenvalue weighted by Crippen LogP contribution is 2.25. The Morgan fingerprint density at radius 1 is 1.33 bits per heavy atom. The molecule has 114 valence electrons. The first-order chi connectivity index (χ1) is 10.2. The fourth-order valence-corrected chi connectivity index (χ4v) is 2.38. The van der Waals surface area contributed by atoms with Gasteiger partial charge in [-0.25, -0.2) is 5.43 Å². The lowest BCUT2D eigenvalue weighted by Gasteiger charge is -2.19. The van der Waals surface area contributed by atoms with Crippen molar-refractivity contribution in [3.8, 4) is 5.75 Å². The molecule has 2 aromatic rings. The van der Waals surface area contributed by atoms with E-state index in [9.17, 15) is 0 Å². The quantitative estimate of drug-likeness (QED) is 0.607. The molecular weight excluding hydrogens is 264 g/mol. The van der Waals surface area contributed by atoms with E-state index in [0.29, 0.717) is 0 Å². The van der Waals surface area contributed by atoms with Crippen LogP contribution in [0.15, 0.2) is 36.5 Å². The highest BCUT2D eigenvalue weighted by Gasteiger charge is 2.17. The molecule has 0 saturated carbocycles. The van der Waals surface area contributed by atoms with Crippen LogP contribution in [0.25, 0.3) is 0 Å². The summed E-state index contributed by atoms with van der Waals surface area (Å²) >= 11 is 0. The second-order valence-electron chi connectivity index (χ2n) is 5.32. The second-order valence-corrected chi connectivity index (χ2v) is 5.32. The second kappa shape index (κ2) is 7.24. The van der Waals surface area contributed by atoms with Gasteiger partial charge in [-0.1, -0.05) is 19.1 Å². The number of nitrogens with zero attached hydrogens (tertiary/aromatic N) is 2. The molecule has 3 N–H and O–H groups in total. The summed E-state index contributed by atoms with van der Waals surface area (Å²) in [6.07, 6.45) is 2.99. The number of aryl methyl sites for hydroxylation is 1. The van der Waals surface area contributed by atoms with E-state index in [-0.39, 0.29) is 12.1 Å². The maximum atomic E-state index is 5.78. The third-order valence-electron chi connectivity index (χ3n) is 3.21. The van der Waals surface area contributed by atoms with Gasteiger partial charge >= 0.3 is 0 Å². The van der Waals surface area contributed by atoms with Crippen LogP contribution in [0.2, 0.25) is 0 Å². The van der Waals surface area contributed by atoms with E-state index in [2.05, 4.69) is 17.4 Å². The summed E-state index contributed by atoms with van der Waals surface area (Å²) in [4.78, 5) is 0. The number of nitrogens with one attached hydrogen (secondary N) is 1. The summed E-state index contributed by atoms with van der Waals surface area (Å²) in [7, 11) is 0. The van der Waals surface area contributed by atoms with Crippen molar-refractivity contribution in [2.24, 2.45) is 5.84 Å². The molecular formula is C16H24N4O. The predicted octanol–water partition coefficient (Wildman–Crippen LogP) is 2.63. The smallest absolute Gasteiger partial charge is 0.120 e. The van der Waals surface area contributed by atoms with E-state index in [0.717, 1.165) is 30.0 Å². The normalized spacial score (nSPS) is 12.6. The fourth-order valence-electron chi connectivity index (χ4n) is 2.38. The van der Waals surface area contributed by atoms with E-state index < -0.39 is 0 Å². The summed E-state index contributed by atoms with van der Waals surface area (Å²) in [5.41, 5.74) is 5.00. The molecule has 5 nitrogen and oxygen atoms in total. The van der Waals surface area contributed by atoms with Crippen LogP contribution in [0.5, 0.6) is 5.75 Å². The summed E-state index contributed by atoms with van der Waals surface area (Å²) in [5.74, 6) is 6.63. The third kappa shape index (κ3) is 3.83. The van der Waals surface area contributed by atoms with Gasteiger partial charge in [0, 0.05) is 12.7 Å². The standard InChI is InChI=1S/C16H24N4O/c1-4-10-20-15(8-9-18-20)16(19-17)13-6-5-7-14(11-13)21-12(2)3/h5-9,11-12,16,19H,4,10,17H2,1-3H3. The topological polar surface area (TPSA) is 65.1 Å². The van der Waals surface area contributed by atoms with Gasteiger partial charge in [0.2, 0.25) is 0 Å². The third-order valence-corrected chi connectivity index (χ3v) is 3.21. The molecule has 21 heavy (non-hydrogen) atoms. The van der Waals surface area contributed by atoms with Crippen molar-refractivity contribution in [3.63, 3.8) is 0 Å². The number of aromatic nitrogens is 2. The SMILES string of the molecule is CCCn1nccc1C(NN)c1cccc(OC(C)C)c1. The van der Waals surface area contributed by atoms with E-state index in [1.807, 2.05) is 55.1 Å². The summed E-state index contributed by atoms with van der Waals surface area (Å²) in [6.45, 7) is 7.04. The van der Waals surface area contributed by atoms with Crippen LogP contribution >= 0.6 is 0 Å². The molecule has 1 heterocycles. The monoisotopic (exact) mass is 288 g/mol. The first-order valence-electron chi connectivity index (χ1n) is 7.40. The van der Waals surface area contributed by atoms with Gasteiger partial charge in [0.05, 0.1) is 17.8 Å². The van der Waals surface area contributed by atoms with E-state index in [1.54, 1.807) is 0 Å². The number of benzene rings is 1. The van der Waals surface area contributed by atoms with Gasteiger partial charge in [0.1, 0.15) is 5.75 Å². The molecule has 0 aliphatic rings. The average molecular weight is 288 g/mol. The number of ether oxygens (including phenoxy) is 1. The van der Waals surface area contributed by atoms with Crippen molar-refractivity contribution in [3.05, 3.63) is 47.8 Å². The summed E-state index contributed by atoms with van der Waals surface area (Å²) in [5, 5.41) is 4.36. The van der Waals surface area contributed by atoms with Gasteiger partial charge in [0.25, 0.3) is 0 Å². The van der Waals surface area contributed by atoms with Crippen LogP contribution < -0.4 is 16.0 Å². The molecule has 1 aromatic carbocycles. The van der Waals surface area contributed by atoms with Crippen molar-refractivity contribution in [1.29, 1.82) is 0 Å². The Bertz CT molecular complexity index is 565. The average Bonchev–Trinajstić information content (AvgIpc) is 2.88. The molecule has 0 radical (unpaired) electrons. The van der Waals surface area contributed by atoms with Crippen LogP contribution in [-0.4, -0.2) is 15.9 Å². The molecule has 0 fully saturated rings. The first-order valence-corrected chi connectivity index (χ1v) is 7.40. The molecule has 0 saturated heterocycles. The minimum Gasteiger partial charge on any atom is -0.491 e. The van der Waals surface area contributed by atoms with Crippen molar-refractivity contribution >= 4 is 0 Å². The maximum absolute atomic E-state index is 5.78. The lowest BCUT2D eigenvalue weighted by molar-refractivity contribution is 0.242. The molecule has 0 aliphatic heterocycles. The molecule has 1 unspecified atom stereocenters. The largest absolute Gasteiger partial charge is 0.491 e. The van der Waals surface area contributed by atoms with E-state index >= 15 is 0 Å². The molecule has 0 amide bonds. The fraction of sp³-hybridized carbons (Fsp3) is 0.438. The van der Waals surface area contributed by atoms with Gasteiger partial charge in [-0.05, 0) is 44.0 Å². The Morgan fingerprint density at radius 2 is 2.14 bits per heavy atom. The number of hydrogen-bond acceptors (Lipinski definition) is 4. The van der Waals surface area contributed by atoms with Gasteiger partial charge in [-0.2, -0.15) is 5.10 Å². The zero-order valence-electron chi connectivity index (χ0n) is 12.9. The zero-order valence-corrected chi connectivity index (χ0v) is 12.9. The Hall–Kier alpha value is -1.85. The van der Waals surface area contributed by atoms with Crippen LogP contribution in [-0.2, 0) is 6.54 Å². The Morgan fingerprint density at radius 3 is 2.81 bits per heavy atom. The molecule has 0 aliphatic carbocycles. The highest BCUT2D eigenvalue weighted by molar-refractivity contribution is 5.34. The summed E-state index contributed by atoms with van der Waals surface area (Å²) in [6, 6.07) is 9.90. The highest BCUT2D eigenvalue weighted by atomic mass is 16.5. The van der Waals surface area contributed by atoms with Gasteiger partial charge in [-0.15, -0.1) is 0 Å². The van der Waals surface area contributed by atoms with Crippen molar-refractivity contribution in [1.82, 2.24) is 15.2 Å². The number of hydrogen-bond donors (Lipinski definition) is 2. The predicted molar refractivity (Wildman–Crippen MR) is 83.9 cm³/mol. The van der Waals surface area contributed by atoms with Crippen LogP contribution in [0.4, 0.5) is 0 Å². The number of hydrazine groups is 1. The van der Waals surface area contributed by atoms with Crippen molar-refractivity contribution in [2.75, 3.05) is 0 Å².